The van der Waals surface area contributed by atoms with E-state index in [2.05, 4.69) is 0 Å². The van der Waals surface area contributed by atoms with Crippen molar-refractivity contribution in [3.05, 3.63) is 28.8 Å². The van der Waals surface area contributed by atoms with Gasteiger partial charge >= 0.3 is 0 Å². The molecule has 6 heteroatoms. The molecular weight excluding hydrogens is 364 g/mol. The van der Waals surface area contributed by atoms with Crippen LogP contribution in [0.3, 0.4) is 0 Å². The van der Waals surface area contributed by atoms with Crippen molar-refractivity contribution in [1.29, 1.82) is 0 Å². The molecule has 2 amide bonds. The maximum Gasteiger partial charge on any atom is 0.225 e. The predicted molar refractivity (Wildman–Crippen MR) is 106 cm³/mol. The monoisotopic (exact) mass is 392 g/mol. The van der Waals surface area contributed by atoms with Crippen LogP contribution in [0.1, 0.15) is 44.1 Å². The zero-order chi connectivity index (χ0) is 19.2. The molecule has 1 saturated carbocycles. The highest BCUT2D eigenvalue weighted by molar-refractivity contribution is 6.30. The van der Waals surface area contributed by atoms with Gasteiger partial charge in [0.15, 0.2) is 0 Å². The van der Waals surface area contributed by atoms with Crippen LogP contribution in [0.5, 0.6) is 5.75 Å². The van der Waals surface area contributed by atoms with Crippen molar-refractivity contribution in [2.45, 2.75) is 45.4 Å². The first-order valence-corrected chi connectivity index (χ1v) is 10.4. The molecule has 0 atom stereocenters. The summed E-state index contributed by atoms with van der Waals surface area (Å²) in [5.74, 6) is 1.48. The molecule has 5 nitrogen and oxygen atoms in total. The molecule has 2 fully saturated rings. The van der Waals surface area contributed by atoms with E-state index in [1.807, 2.05) is 28.9 Å². The summed E-state index contributed by atoms with van der Waals surface area (Å²) in [5.41, 5.74) is 0.997. The van der Waals surface area contributed by atoms with E-state index in [1.165, 1.54) is 12.8 Å². The minimum atomic E-state index is 0.152. The van der Waals surface area contributed by atoms with Crippen LogP contribution in [-0.4, -0.2) is 54.4 Å². The van der Waals surface area contributed by atoms with Gasteiger partial charge in [-0.2, -0.15) is 0 Å². The van der Waals surface area contributed by atoms with E-state index in [1.54, 1.807) is 6.07 Å². The summed E-state index contributed by atoms with van der Waals surface area (Å²) in [6.07, 6.45) is 5.57. The minimum Gasteiger partial charge on any atom is -0.493 e. The van der Waals surface area contributed by atoms with Crippen molar-refractivity contribution < 1.29 is 14.3 Å². The smallest absolute Gasteiger partial charge is 0.225 e. The summed E-state index contributed by atoms with van der Waals surface area (Å²) in [5, 5.41) is 0.695. The number of nitrogens with zero attached hydrogens (tertiary/aromatic N) is 2. The number of aryl methyl sites for hydroxylation is 1. The highest BCUT2D eigenvalue weighted by Gasteiger charge is 2.30. The topological polar surface area (TPSA) is 49.9 Å². The van der Waals surface area contributed by atoms with Gasteiger partial charge in [0.05, 0.1) is 6.61 Å². The number of hydrogen-bond donors (Lipinski definition) is 0. The Morgan fingerprint density at radius 1 is 1.11 bits per heavy atom. The summed E-state index contributed by atoms with van der Waals surface area (Å²) >= 11 is 5.94. The Kier molecular flexibility index (Phi) is 7.00. The summed E-state index contributed by atoms with van der Waals surface area (Å²) in [4.78, 5) is 28.7. The average Bonchev–Trinajstić information content (AvgIpc) is 3.21. The lowest BCUT2D eigenvalue weighted by Gasteiger charge is -2.36. The zero-order valence-corrected chi connectivity index (χ0v) is 16.8. The number of carbonyl (C=O) groups is 2. The Hall–Kier alpha value is -1.75. The molecule has 1 aromatic rings. The van der Waals surface area contributed by atoms with Crippen molar-refractivity contribution in [2.24, 2.45) is 5.92 Å². The molecule has 27 heavy (non-hydrogen) atoms. The molecule has 3 rings (SSSR count). The summed E-state index contributed by atoms with van der Waals surface area (Å²) in [6, 6.07) is 5.54. The number of piperazine rings is 1. The first-order chi connectivity index (χ1) is 13.0. The Bertz CT molecular complexity index is 665. The number of rotatable bonds is 6. The molecule has 1 aromatic carbocycles. The van der Waals surface area contributed by atoms with Crippen molar-refractivity contribution in [3.63, 3.8) is 0 Å². The number of hydrogen-bond acceptors (Lipinski definition) is 3. The normalized spacial score (nSPS) is 18.0. The van der Waals surface area contributed by atoms with Gasteiger partial charge in [0.25, 0.3) is 0 Å². The van der Waals surface area contributed by atoms with Gasteiger partial charge in [0.2, 0.25) is 11.8 Å². The van der Waals surface area contributed by atoms with Gasteiger partial charge in [-0.05, 0) is 49.9 Å². The van der Waals surface area contributed by atoms with Gasteiger partial charge in [0.1, 0.15) is 5.75 Å². The summed E-state index contributed by atoms with van der Waals surface area (Å²) < 4.78 is 5.75. The number of halogens is 1. The molecule has 0 unspecified atom stereocenters. The quantitative estimate of drug-likeness (QED) is 0.694. The number of carbonyl (C=O) groups excluding carboxylic acids is 2. The second-order valence-corrected chi connectivity index (χ2v) is 7.99. The van der Waals surface area contributed by atoms with Gasteiger partial charge in [-0.15, -0.1) is 0 Å². The second kappa shape index (κ2) is 9.45. The Morgan fingerprint density at radius 2 is 1.78 bits per heavy atom. The molecule has 1 saturated heterocycles. The fourth-order valence-electron chi connectivity index (χ4n) is 3.95. The lowest BCUT2D eigenvalue weighted by molar-refractivity contribution is -0.142. The van der Waals surface area contributed by atoms with Gasteiger partial charge in [-0.3, -0.25) is 9.59 Å². The molecule has 1 heterocycles. The lowest BCUT2D eigenvalue weighted by atomic mass is 10.1. The van der Waals surface area contributed by atoms with Crippen molar-refractivity contribution in [3.8, 4) is 5.75 Å². The third-order valence-corrected chi connectivity index (χ3v) is 5.81. The lowest BCUT2D eigenvalue weighted by Crippen LogP contribution is -2.51. The van der Waals surface area contributed by atoms with Crippen LogP contribution in [0.2, 0.25) is 5.02 Å². The number of amides is 2. The Morgan fingerprint density at radius 3 is 2.44 bits per heavy atom. The highest BCUT2D eigenvalue weighted by Crippen LogP contribution is 2.27. The van der Waals surface area contributed by atoms with E-state index in [4.69, 9.17) is 16.3 Å². The summed E-state index contributed by atoms with van der Waals surface area (Å²) in [6.45, 7) is 5.10. The van der Waals surface area contributed by atoms with Crippen LogP contribution < -0.4 is 4.74 Å². The second-order valence-electron chi connectivity index (χ2n) is 7.55. The zero-order valence-electron chi connectivity index (χ0n) is 16.1. The van der Waals surface area contributed by atoms with Gasteiger partial charge in [-0.1, -0.05) is 24.4 Å². The molecule has 0 bridgehead atoms. The minimum absolute atomic E-state index is 0.152. The molecular formula is C21H29ClN2O3. The van der Waals surface area contributed by atoms with Crippen molar-refractivity contribution in [2.75, 3.05) is 32.8 Å². The van der Waals surface area contributed by atoms with Gasteiger partial charge < -0.3 is 14.5 Å². The van der Waals surface area contributed by atoms with E-state index in [0.717, 1.165) is 24.2 Å². The average molecular weight is 393 g/mol. The Labute approximate surface area is 166 Å². The van der Waals surface area contributed by atoms with Crippen LogP contribution >= 0.6 is 11.6 Å². The van der Waals surface area contributed by atoms with Crippen LogP contribution in [-0.2, 0) is 9.59 Å². The number of ether oxygens (including phenoxy) is 1. The molecule has 0 spiro atoms. The largest absolute Gasteiger partial charge is 0.493 e. The van der Waals surface area contributed by atoms with Crippen LogP contribution in [0, 0.1) is 12.8 Å². The first-order valence-electron chi connectivity index (χ1n) is 10.00. The number of benzene rings is 1. The maximum atomic E-state index is 12.5. The van der Waals surface area contributed by atoms with E-state index in [9.17, 15) is 9.59 Å². The van der Waals surface area contributed by atoms with Crippen molar-refractivity contribution >= 4 is 23.4 Å². The van der Waals surface area contributed by atoms with Crippen LogP contribution in [0.4, 0.5) is 0 Å². The summed E-state index contributed by atoms with van der Waals surface area (Å²) in [7, 11) is 0. The molecule has 2 aliphatic rings. The molecule has 1 aliphatic heterocycles. The third kappa shape index (κ3) is 5.38. The van der Waals surface area contributed by atoms with E-state index in [-0.39, 0.29) is 11.8 Å². The third-order valence-electron chi connectivity index (χ3n) is 5.58. The van der Waals surface area contributed by atoms with Crippen LogP contribution in [0.15, 0.2) is 18.2 Å². The fourth-order valence-corrected chi connectivity index (χ4v) is 4.17. The van der Waals surface area contributed by atoms with E-state index >= 15 is 0 Å². The molecule has 1 aliphatic carbocycles. The SMILES string of the molecule is Cc1cc(Cl)ccc1OCCCC(=O)N1CCN(C(=O)C2CCCC2)CC1. The van der Waals surface area contributed by atoms with Crippen LogP contribution in [0.25, 0.3) is 0 Å². The first kappa shape index (κ1) is 20.0. The van der Waals surface area contributed by atoms with Gasteiger partial charge in [-0.25, -0.2) is 0 Å². The van der Waals surface area contributed by atoms with E-state index in [0.29, 0.717) is 56.6 Å². The van der Waals surface area contributed by atoms with E-state index < -0.39 is 0 Å². The molecule has 0 radical (unpaired) electrons. The maximum absolute atomic E-state index is 12.5. The molecule has 0 aromatic heterocycles. The molecule has 148 valence electrons. The Balaban J connectivity index is 1.35. The standard InChI is InChI=1S/C21H29ClN2O3/c1-16-15-18(22)8-9-19(16)27-14-4-7-20(25)23-10-12-24(13-11-23)21(26)17-5-2-3-6-17/h8-9,15,17H,2-7,10-14H2,1H3. The van der Waals surface area contributed by atoms with Gasteiger partial charge in [0, 0.05) is 43.5 Å². The molecule has 0 N–H and O–H groups in total. The fraction of sp³-hybridized carbons (Fsp3) is 0.619. The predicted octanol–water partition coefficient (Wildman–Crippen LogP) is 3.67. The highest BCUT2D eigenvalue weighted by atomic mass is 35.5. The van der Waals surface area contributed by atoms with Crippen molar-refractivity contribution in [1.82, 2.24) is 9.80 Å².